The second-order valence-electron chi connectivity index (χ2n) is 5.28. The van der Waals surface area contributed by atoms with Gasteiger partial charge in [0.1, 0.15) is 5.76 Å². The molecule has 0 aromatic carbocycles. The zero-order valence-corrected chi connectivity index (χ0v) is 13.5. The maximum atomic E-state index is 5.54. The monoisotopic (exact) mass is 292 g/mol. The van der Waals surface area contributed by atoms with Crippen LogP contribution in [0.2, 0.25) is 0 Å². The number of nitrogens with zero attached hydrogens (tertiary/aromatic N) is 1. The van der Waals surface area contributed by atoms with Crippen molar-refractivity contribution < 1.29 is 4.42 Å². The summed E-state index contributed by atoms with van der Waals surface area (Å²) in [6.45, 7) is 5.30. The molecule has 0 aliphatic heterocycles. The molecule has 0 radical (unpaired) electrons. The van der Waals surface area contributed by atoms with E-state index in [4.69, 9.17) is 4.42 Å². The molecule has 0 aliphatic carbocycles. The Kier molecular flexibility index (Phi) is 5.40. The first kappa shape index (κ1) is 15.3. The fraction of sp³-hybridized carbons (Fsp3) is 0.500. The quantitative estimate of drug-likeness (QED) is 0.840. The molecule has 3 nitrogen and oxygen atoms in total. The summed E-state index contributed by atoms with van der Waals surface area (Å²) in [4.78, 5) is 5.03. The lowest BCUT2D eigenvalue weighted by Crippen LogP contribution is -2.32. The lowest BCUT2D eigenvalue weighted by atomic mass is 10.2. The van der Waals surface area contributed by atoms with Crippen LogP contribution in [-0.2, 0) is 6.42 Å². The smallest absolute Gasteiger partial charge is 0.122 e. The van der Waals surface area contributed by atoms with Crippen molar-refractivity contribution >= 4 is 11.3 Å². The third kappa shape index (κ3) is 3.72. The maximum absolute atomic E-state index is 5.54. The van der Waals surface area contributed by atoms with Gasteiger partial charge in [-0.3, -0.25) is 4.90 Å². The highest BCUT2D eigenvalue weighted by Crippen LogP contribution is 2.25. The summed E-state index contributed by atoms with van der Waals surface area (Å²) >= 11 is 1.90. The molecule has 2 atom stereocenters. The number of nitrogens with one attached hydrogen (secondary N) is 1. The highest BCUT2D eigenvalue weighted by Gasteiger charge is 2.18. The van der Waals surface area contributed by atoms with E-state index in [9.17, 15) is 0 Å². The van der Waals surface area contributed by atoms with E-state index in [1.165, 1.54) is 9.75 Å². The van der Waals surface area contributed by atoms with Crippen molar-refractivity contribution in [2.45, 2.75) is 32.4 Å². The van der Waals surface area contributed by atoms with E-state index in [1.807, 2.05) is 23.5 Å². The molecule has 2 aromatic heterocycles. The van der Waals surface area contributed by atoms with Gasteiger partial charge in [-0.15, -0.1) is 11.3 Å². The van der Waals surface area contributed by atoms with Gasteiger partial charge in [-0.05, 0) is 51.7 Å². The van der Waals surface area contributed by atoms with Gasteiger partial charge in [0, 0.05) is 22.3 Å². The van der Waals surface area contributed by atoms with Gasteiger partial charge in [-0.25, -0.2) is 0 Å². The second kappa shape index (κ2) is 7.07. The Labute approximate surface area is 125 Å². The van der Waals surface area contributed by atoms with Crippen LogP contribution in [0, 0.1) is 0 Å². The number of likely N-dealkylation sites (N-methyl/N-ethyl adjacent to an activating group) is 1. The Balaban J connectivity index is 1.95. The molecule has 1 N–H and O–H groups in total. The standard InChI is InChI=1S/C16H24N2OS/c1-5-13-8-9-16(20-13)12(2)17-11-14(18(3)4)15-7-6-10-19-15/h6-10,12,14,17H,5,11H2,1-4H3. The predicted molar refractivity (Wildman–Crippen MR) is 85.3 cm³/mol. The molecular formula is C16H24N2OS. The first-order valence-corrected chi connectivity index (χ1v) is 7.95. The molecule has 2 unspecified atom stereocenters. The molecule has 110 valence electrons. The van der Waals surface area contributed by atoms with Crippen LogP contribution < -0.4 is 5.32 Å². The fourth-order valence-electron chi connectivity index (χ4n) is 2.22. The normalized spacial score (nSPS) is 14.7. The third-order valence-corrected chi connectivity index (χ3v) is 4.98. The second-order valence-corrected chi connectivity index (χ2v) is 6.48. The lowest BCUT2D eigenvalue weighted by molar-refractivity contribution is 0.245. The molecule has 2 heterocycles. The molecule has 0 saturated carbocycles. The molecule has 4 heteroatoms. The van der Waals surface area contributed by atoms with E-state index in [1.54, 1.807) is 6.26 Å². The largest absolute Gasteiger partial charge is 0.468 e. The molecule has 0 amide bonds. The highest BCUT2D eigenvalue weighted by atomic mass is 32.1. The average Bonchev–Trinajstić information content (AvgIpc) is 3.09. The Hall–Kier alpha value is -1.10. The summed E-state index contributed by atoms with van der Waals surface area (Å²) in [5, 5.41) is 3.61. The fourth-order valence-corrected chi connectivity index (χ4v) is 3.20. The van der Waals surface area contributed by atoms with E-state index in [2.05, 4.69) is 50.3 Å². The van der Waals surface area contributed by atoms with Crippen molar-refractivity contribution in [3.05, 3.63) is 46.0 Å². The first-order valence-electron chi connectivity index (χ1n) is 7.13. The molecule has 0 spiro atoms. The minimum atomic E-state index is 0.262. The molecule has 0 saturated heterocycles. The van der Waals surface area contributed by atoms with E-state index in [-0.39, 0.29) is 6.04 Å². The maximum Gasteiger partial charge on any atom is 0.122 e. The van der Waals surface area contributed by atoms with Crippen molar-refractivity contribution in [3.8, 4) is 0 Å². The van der Waals surface area contributed by atoms with Crippen LogP contribution in [0.4, 0.5) is 0 Å². The first-order chi connectivity index (χ1) is 9.61. The van der Waals surface area contributed by atoms with Crippen LogP contribution in [0.15, 0.2) is 34.9 Å². The summed E-state index contributed by atoms with van der Waals surface area (Å²) in [6, 6.07) is 9.09. The minimum absolute atomic E-state index is 0.262. The van der Waals surface area contributed by atoms with Gasteiger partial charge in [0.15, 0.2) is 0 Å². The van der Waals surface area contributed by atoms with E-state index >= 15 is 0 Å². The number of aryl methyl sites for hydroxylation is 1. The molecule has 0 bridgehead atoms. The highest BCUT2D eigenvalue weighted by molar-refractivity contribution is 7.12. The third-order valence-electron chi connectivity index (χ3n) is 3.57. The molecular weight excluding hydrogens is 268 g/mol. The Bertz CT molecular complexity index is 504. The Morgan fingerprint density at radius 1 is 1.30 bits per heavy atom. The zero-order valence-electron chi connectivity index (χ0n) is 12.7. The van der Waals surface area contributed by atoms with Gasteiger partial charge >= 0.3 is 0 Å². The van der Waals surface area contributed by atoms with Crippen molar-refractivity contribution in [1.82, 2.24) is 10.2 Å². The summed E-state index contributed by atoms with van der Waals surface area (Å²) in [5.74, 6) is 1.01. The molecule has 20 heavy (non-hydrogen) atoms. The van der Waals surface area contributed by atoms with Crippen LogP contribution in [0.25, 0.3) is 0 Å². The number of thiophene rings is 1. The van der Waals surface area contributed by atoms with Gasteiger partial charge in [0.2, 0.25) is 0 Å². The summed E-state index contributed by atoms with van der Waals surface area (Å²) in [5.41, 5.74) is 0. The molecule has 0 fully saturated rings. The van der Waals surface area contributed by atoms with Crippen LogP contribution in [-0.4, -0.2) is 25.5 Å². The van der Waals surface area contributed by atoms with Gasteiger partial charge < -0.3 is 9.73 Å². The van der Waals surface area contributed by atoms with Crippen molar-refractivity contribution in [1.29, 1.82) is 0 Å². The number of furan rings is 1. The lowest BCUT2D eigenvalue weighted by Gasteiger charge is -2.24. The van der Waals surface area contributed by atoms with Crippen LogP contribution >= 0.6 is 11.3 Å². The Morgan fingerprint density at radius 3 is 2.65 bits per heavy atom. The molecule has 2 aromatic rings. The zero-order chi connectivity index (χ0) is 14.5. The number of rotatable bonds is 7. The topological polar surface area (TPSA) is 28.4 Å². The molecule has 2 rings (SSSR count). The Morgan fingerprint density at radius 2 is 2.10 bits per heavy atom. The summed E-state index contributed by atoms with van der Waals surface area (Å²) in [7, 11) is 4.17. The van der Waals surface area contributed by atoms with Gasteiger partial charge in [0.05, 0.1) is 12.3 Å². The van der Waals surface area contributed by atoms with E-state index in [0.29, 0.717) is 6.04 Å². The van der Waals surface area contributed by atoms with Crippen molar-refractivity contribution in [3.63, 3.8) is 0 Å². The van der Waals surface area contributed by atoms with Crippen LogP contribution in [0.5, 0.6) is 0 Å². The number of hydrogen-bond acceptors (Lipinski definition) is 4. The van der Waals surface area contributed by atoms with E-state index < -0.39 is 0 Å². The number of hydrogen-bond donors (Lipinski definition) is 1. The van der Waals surface area contributed by atoms with Gasteiger partial charge in [0.25, 0.3) is 0 Å². The summed E-state index contributed by atoms with van der Waals surface area (Å²) < 4.78 is 5.54. The molecule has 0 aliphatic rings. The summed E-state index contributed by atoms with van der Waals surface area (Å²) in [6.07, 6.45) is 2.85. The van der Waals surface area contributed by atoms with Crippen molar-refractivity contribution in [2.75, 3.05) is 20.6 Å². The minimum Gasteiger partial charge on any atom is -0.468 e. The van der Waals surface area contributed by atoms with Crippen LogP contribution in [0.1, 0.15) is 41.4 Å². The average molecular weight is 292 g/mol. The van der Waals surface area contributed by atoms with Gasteiger partial charge in [-0.2, -0.15) is 0 Å². The SMILES string of the molecule is CCc1ccc(C(C)NCC(c2ccco2)N(C)C)s1. The van der Waals surface area contributed by atoms with E-state index in [0.717, 1.165) is 18.7 Å². The van der Waals surface area contributed by atoms with Crippen LogP contribution in [0.3, 0.4) is 0 Å². The predicted octanol–water partition coefficient (Wildman–Crippen LogP) is 3.86. The van der Waals surface area contributed by atoms with Gasteiger partial charge in [-0.1, -0.05) is 6.92 Å². The van der Waals surface area contributed by atoms with Crippen molar-refractivity contribution in [2.24, 2.45) is 0 Å².